The number of aliphatic hydroxyl groups is 12. The van der Waals surface area contributed by atoms with Gasteiger partial charge >= 0.3 is 37.1 Å². The second-order valence-electron chi connectivity index (χ2n) is 9.45. The molecule has 0 aromatic rings. The fraction of sp³-hybridized carbons (Fsp3) is 1.00. The maximum absolute atomic E-state index is 10.7. The molecule has 0 aromatic carbocycles. The van der Waals surface area contributed by atoms with Crippen molar-refractivity contribution in [1.82, 2.24) is 0 Å². The van der Waals surface area contributed by atoms with Crippen molar-refractivity contribution >= 4 is 0 Å². The van der Waals surface area contributed by atoms with Crippen LogP contribution in [0.3, 0.4) is 0 Å². The number of hydrogen-bond acceptors (Lipinski definition) is 15. The third kappa shape index (κ3) is 77.5. The molecule has 0 aromatic heterocycles. The quantitative estimate of drug-likeness (QED) is 0.118. The molecule has 377 valence electrons. The summed E-state index contributed by atoms with van der Waals surface area (Å²) in [6.45, 7) is 6.00. The van der Waals surface area contributed by atoms with Gasteiger partial charge in [0.1, 0.15) is 0 Å². The van der Waals surface area contributed by atoms with E-state index in [1.54, 1.807) is 0 Å². The number of rotatable bonds is 0. The molecule has 0 bridgehead atoms. The molecule has 3 fully saturated rings. The maximum Gasteiger partial charge on any atom is 0.439 e. The molecule has 0 amide bonds. The number of alkyl halides is 18. The van der Waals surface area contributed by atoms with Gasteiger partial charge in [-0.2, -0.15) is 79.0 Å². The normalized spacial score (nSPS) is 14.8. The van der Waals surface area contributed by atoms with E-state index >= 15 is 0 Å². The van der Waals surface area contributed by atoms with Crippen molar-refractivity contribution in [3.05, 3.63) is 0 Å². The molecule has 16 nitrogen and oxygen atoms in total. The number of halogens is 18. The van der Waals surface area contributed by atoms with E-state index in [-0.39, 0.29) is 61.1 Å². The van der Waals surface area contributed by atoms with E-state index in [1.165, 1.54) is 38.5 Å². The Morgan fingerprint density at radius 3 is 0.328 bits per heavy atom. The second-order valence-corrected chi connectivity index (χ2v) is 9.45. The second kappa shape index (κ2) is 43.7. The molecule has 37 heteroatoms. The van der Waals surface area contributed by atoms with Gasteiger partial charge in [-0.25, -0.2) is 0 Å². The van der Waals surface area contributed by atoms with E-state index < -0.39 is 74.8 Å². The molecule has 0 saturated carbocycles. The molecule has 3 heterocycles. The minimum Gasteiger partial charge on any atom is -0.412 e. The first-order chi connectivity index (χ1) is 25.2. The predicted octanol–water partition coefficient (Wildman–Crippen LogP) is 0.715. The number of aliphatic hydroxyl groups excluding tert-OH is 6. The van der Waals surface area contributed by atoms with Gasteiger partial charge in [-0.05, 0) is 38.5 Å². The van der Waals surface area contributed by atoms with Gasteiger partial charge in [0.2, 0.25) is 0 Å². The fourth-order valence-corrected chi connectivity index (χ4v) is 1.53. The average Bonchev–Trinajstić information content (AvgIpc) is 3.84. The Morgan fingerprint density at radius 2 is 0.311 bits per heavy atom. The van der Waals surface area contributed by atoms with Crippen LogP contribution in [0.15, 0.2) is 0 Å². The third-order valence-electron chi connectivity index (χ3n) is 4.24. The van der Waals surface area contributed by atoms with Gasteiger partial charge in [-0.15, -0.1) is 0 Å². The molecular weight excluding hydrogens is 1040 g/mol. The molecule has 14 N–H and O–H groups in total. The van der Waals surface area contributed by atoms with Crippen LogP contribution in [0.25, 0.3) is 0 Å². The molecule has 0 spiro atoms. The van der Waals surface area contributed by atoms with Crippen molar-refractivity contribution in [2.45, 2.75) is 113 Å². The van der Waals surface area contributed by atoms with Crippen molar-refractivity contribution in [2.24, 2.45) is 0 Å². The van der Waals surface area contributed by atoms with Crippen LogP contribution < -0.4 is 0 Å². The summed E-state index contributed by atoms with van der Waals surface area (Å²) in [5.74, 6) is 0. The molecule has 3 aliphatic rings. The van der Waals surface area contributed by atoms with E-state index in [1.807, 2.05) is 0 Å². The van der Waals surface area contributed by atoms with Crippen LogP contribution >= 0.6 is 0 Å². The summed E-state index contributed by atoms with van der Waals surface area (Å²) in [6.07, 6.45) is -40.9. The number of ether oxygens (including phenoxy) is 3. The van der Waals surface area contributed by atoms with Crippen molar-refractivity contribution in [1.29, 1.82) is 0 Å². The summed E-state index contributed by atoms with van der Waals surface area (Å²) in [4.78, 5) is 0. The van der Waals surface area contributed by atoms with Crippen LogP contribution in [0.1, 0.15) is 38.5 Å². The van der Waals surface area contributed by atoms with Crippen molar-refractivity contribution in [3.63, 3.8) is 0 Å². The third-order valence-corrected chi connectivity index (χ3v) is 4.24. The maximum atomic E-state index is 10.7. The van der Waals surface area contributed by atoms with E-state index in [4.69, 9.17) is 75.5 Å². The van der Waals surface area contributed by atoms with Crippen LogP contribution in [0.2, 0.25) is 0 Å². The summed E-state index contributed by atoms with van der Waals surface area (Å²) < 4.78 is 207. The Balaban J connectivity index is -0.0000000596. The van der Waals surface area contributed by atoms with E-state index in [9.17, 15) is 79.0 Å². The Morgan fingerprint density at radius 1 is 0.246 bits per heavy atom. The van der Waals surface area contributed by atoms with Crippen molar-refractivity contribution in [3.8, 4) is 0 Å². The smallest absolute Gasteiger partial charge is 0.412 e. The Bertz CT molecular complexity index is 684. The summed E-state index contributed by atoms with van der Waals surface area (Å²) in [7, 11) is 0. The molecule has 61 heavy (non-hydrogen) atoms. The van der Waals surface area contributed by atoms with Gasteiger partial charge in [-0.3, -0.25) is 0 Å². The summed E-state index contributed by atoms with van der Waals surface area (Å²) in [5.41, 5.74) is 0. The Hall–Kier alpha value is -0.147. The standard InChI is InChI=1S/3C4H8O.6C2H3F3O2.H2O.3V/c3*1-2-4-5-3-1;6*3-2(4,5)1(6)7;;;;/h3*1-4H2;6*1,6-7H;1H2;;;. The predicted molar refractivity (Wildman–Crippen MR) is 149 cm³/mol. The zero-order valence-corrected chi connectivity index (χ0v) is 34.4. The zero-order chi connectivity index (χ0) is 47.1. The number of hydrogen-bond donors (Lipinski definition) is 12. The van der Waals surface area contributed by atoms with Crippen LogP contribution in [0, 0.1) is 0 Å². The molecule has 0 atom stereocenters. The van der Waals surface area contributed by atoms with Gasteiger partial charge in [-0.1, -0.05) is 0 Å². The molecule has 3 aliphatic heterocycles. The van der Waals surface area contributed by atoms with Gasteiger partial charge in [0.05, 0.1) is 0 Å². The SMILES string of the molecule is C1CCOC1.C1CCOC1.C1CCOC1.O.OC(O)C(F)(F)F.OC(O)C(F)(F)F.OC(O)C(F)(F)F.OC(O)C(F)(F)F.OC(O)C(F)(F)F.OC(O)C(F)(F)F.[V].[V].[V]. The van der Waals surface area contributed by atoms with E-state index in [0.717, 1.165) is 39.6 Å². The van der Waals surface area contributed by atoms with Crippen LogP contribution in [-0.2, 0) is 69.9 Å². The fourth-order valence-electron chi connectivity index (χ4n) is 1.53. The summed E-state index contributed by atoms with van der Waals surface area (Å²) in [5, 5.41) is 87.8. The summed E-state index contributed by atoms with van der Waals surface area (Å²) >= 11 is 0. The molecule has 3 saturated heterocycles. The van der Waals surface area contributed by atoms with Crippen molar-refractivity contribution in [2.75, 3.05) is 39.6 Å². The zero-order valence-electron chi connectivity index (χ0n) is 30.2. The molecular formula is C24H44F18O16V3. The van der Waals surface area contributed by atoms with Gasteiger partial charge < -0.3 is 81.0 Å². The Labute approximate surface area is 368 Å². The van der Waals surface area contributed by atoms with Gasteiger partial charge in [0.25, 0.3) is 37.7 Å². The molecule has 0 aliphatic carbocycles. The minimum atomic E-state index is -4.89. The minimum absolute atomic E-state index is 0. The van der Waals surface area contributed by atoms with Gasteiger partial charge in [0, 0.05) is 95.3 Å². The largest absolute Gasteiger partial charge is 0.439 e. The monoisotopic (exact) mass is 1080 g/mol. The molecule has 0 unspecified atom stereocenters. The first-order valence-electron chi connectivity index (χ1n) is 14.5. The average molecular weight is 1080 g/mol. The summed E-state index contributed by atoms with van der Waals surface area (Å²) in [6, 6.07) is 0. The van der Waals surface area contributed by atoms with Gasteiger partial charge in [0.15, 0.2) is 0 Å². The Kier molecular flexibility index (Phi) is 60.4. The van der Waals surface area contributed by atoms with Crippen LogP contribution in [0.4, 0.5) is 79.0 Å². The molecule has 3 radical (unpaired) electrons. The van der Waals surface area contributed by atoms with E-state index in [0.29, 0.717) is 0 Å². The first-order valence-corrected chi connectivity index (χ1v) is 14.5. The van der Waals surface area contributed by atoms with Crippen LogP contribution in [-0.4, -0.2) is 181 Å². The molecule has 3 rings (SSSR count). The van der Waals surface area contributed by atoms with Crippen molar-refractivity contribution < 1.29 is 216 Å². The van der Waals surface area contributed by atoms with E-state index in [2.05, 4.69) is 0 Å². The van der Waals surface area contributed by atoms with Crippen LogP contribution in [0.5, 0.6) is 0 Å². The first kappa shape index (κ1) is 84.3. The topological polar surface area (TPSA) is 302 Å².